The van der Waals surface area contributed by atoms with Crippen LogP contribution >= 0.6 is 23.1 Å². The zero-order valence-electron chi connectivity index (χ0n) is 17.8. The third-order valence-corrected chi connectivity index (χ3v) is 6.42. The van der Waals surface area contributed by atoms with Crippen LogP contribution in [-0.2, 0) is 17.9 Å². The van der Waals surface area contributed by atoms with Crippen molar-refractivity contribution in [1.29, 1.82) is 0 Å². The molecule has 0 atom stereocenters. The summed E-state index contributed by atoms with van der Waals surface area (Å²) >= 11 is 2.73. The molecule has 0 radical (unpaired) electrons. The summed E-state index contributed by atoms with van der Waals surface area (Å²) in [5, 5.41) is 21.5. The first-order chi connectivity index (χ1) is 14.4. The average molecular weight is 447 g/mol. The quantitative estimate of drug-likeness (QED) is 0.492. The van der Waals surface area contributed by atoms with E-state index in [0.717, 1.165) is 22.1 Å². The first-order valence-corrected chi connectivity index (χ1v) is 11.6. The van der Waals surface area contributed by atoms with Crippen LogP contribution in [0.4, 0.5) is 5.13 Å². The summed E-state index contributed by atoms with van der Waals surface area (Å²) in [4.78, 5) is 12.3. The number of nitrogens with zero attached hydrogens (tertiary/aromatic N) is 5. The number of thioether (sulfide) groups is 1. The molecule has 0 fully saturated rings. The lowest BCUT2D eigenvalue weighted by Gasteiger charge is -2.11. The summed E-state index contributed by atoms with van der Waals surface area (Å²) in [7, 11) is 0. The topological polar surface area (TPSA) is 94.8 Å². The number of hydrogen-bond acceptors (Lipinski definition) is 8. The van der Waals surface area contributed by atoms with Crippen LogP contribution in [0.15, 0.2) is 23.4 Å². The van der Waals surface area contributed by atoms with E-state index in [4.69, 9.17) is 4.74 Å². The maximum Gasteiger partial charge on any atom is 0.236 e. The SMILES string of the molecule is CCn1c(COc2ccc(C)cc2C)nnc1SCC(=O)Nc1nnc(C(C)C)s1. The van der Waals surface area contributed by atoms with Gasteiger partial charge in [-0.1, -0.05) is 54.6 Å². The van der Waals surface area contributed by atoms with Crippen molar-refractivity contribution >= 4 is 34.1 Å². The van der Waals surface area contributed by atoms with E-state index in [1.165, 1.54) is 28.7 Å². The molecule has 1 aromatic carbocycles. The largest absolute Gasteiger partial charge is 0.485 e. The molecule has 3 rings (SSSR count). The van der Waals surface area contributed by atoms with Crippen molar-refractivity contribution in [2.24, 2.45) is 0 Å². The van der Waals surface area contributed by atoms with Gasteiger partial charge in [0.05, 0.1) is 5.75 Å². The smallest absolute Gasteiger partial charge is 0.236 e. The molecule has 0 unspecified atom stereocenters. The van der Waals surface area contributed by atoms with Crippen molar-refractivity contribution in [3.05, 3.63) is 40.2 Å². The molecule has 0 bridgehead atoms. The Morgan fingerprint density at radius 1 is 1.23 bits per heavy atom. The molecule has 2 heterocycles. The monoisotopic (exact) mass is 446 g/mol. The van der Waals surface area contributed by atoms with Crippen molar-refractivity contribution in [3.63, 3.8) is 0 Å². The molecule has 10 heteroatoms. The van der Waals surface area contributed by atoms with Crippen molar-refractivity contribution in [2.75, 3.05) is 11.1 Å². The number of benzene rings is 1. The zero-order valence-corrected chi connectivity index (χ0v) is 19.4. The third kappa shape index (κ3) is 5.57. The molecule has 1 N–H and O–H groups in total. The number of amides is 1. The number of hydrogen-bond donors (Lipinski definition) is 1. The van der Waals surface area contributed by atoms with Crippen LogP contribution in [0.5, 0.6) is 5.75 Å². The second-order valence-electron chi connectivity index (χ2n) is 7.14. The molecule has 2 aromatic heterocycles. The highest BCUT2D eigenvalue weighted by Crippen LogP contribution is 2.24. The maximum atomic E-state index is 12.3. The van der Waals surface area contributed by atoms with E-state index >= 15 is 0 Å². The average Bonchev–Trinajstić information content (AvgIpc) is 3.32. The zero-order chi connectivity index (χ0) is 21.7. The Bertz CT molecular complexity index is 1010. The van der Waals surface area contributed by atoms with Crippen molar-refractivity contribution in [2.45, 2.75) is 58.8 Å². The van der Waals surface area contributed by atoms with E-state index in [1.54, 1.807) is 0 Å². The number of carbonyl (C=O) groups is 1. The number of aryl methyl sites for hydroxylation is 2. The molecule has 8 nitrogen and oxygen atoms in total. The minimum Gasteiger partial charge on any atom is -0.485 e. The lowest BCUT2D eigenvalue weighted by atomic mass is 10.1. The molecule has 0 aliphatic carbocycles. The summed E-state index contributed by atoms with van der Waals surface area (Å²) in [5.74, 6) is 1.91. The van der Waals surface area contributed by atoms with Crippen LogP contribution in [0.3, 0.4) is 0 Å². The number of nitrogens with one attached hydrogen (secondary N) is 1. The molecular formula is C20H26N6O2S2. The summed E-state index contributed by atoms with van der Waals surface area (Å²) in [6.45, 7) is 11.2. The third-order valence-electron chi connectivity index (χ3n) is 4.31. The molecule has 160 valence electrons. The van der Waals surface area contributed by atoms with E-state index in [0.29, 0.717) is 23.4 Å². The Hall–Kier alpha value is -2.46. The minimum absolute atomic E-state index is 0.148. The first kappa shape index (κ1) is 22.2. The molecule has 0 aliphatic heterocycles. The van der Waals surface area contributed by atoms with Crippen LogP contribution < -0.4 is 10.1 Å². The van der Waals surface area contributed by atoms with Crippen LogP contribution in [-0.4, -0.2) is 36.6 Å². The Labute approximate surface area is 184 Å². The second kappa shape index (κ2) is 10.0. The van der Waals surface area contributed by atoms with Gasteiger partial charge < -0.3 is 9.30 Å². The molecule has 0 spiro atoms. The molecule has 0 aliphatic rings. The van der Waals surface area contributed by atoms with Gasteiger partial charge in [-0.2, -0.15) is 0 Å². The summed E-state index contributed by atoms with van der Waals surface area (Å²) in [6, 6.07) is 6.08. The van der Waals surface area contributed by atoms with Gasteiger partial charge in [-0.15, -0.1) is 20.4 Å². The fourth-order valence-electron chi connectivity index (χ4n) is 2.76. The van der Waals surface area contributed by atoms with Gasteiger partial charge in [-0.05, 0) is 32.4 Å². The summed E-state index contributed by atoms with van der Waals surface area (Å²) < 4.78 is 7.90. The van der Waals surface area contributed by atoms with E-state index in [1.807, 2.05) is 44.4 Å². The fraction of sp³-hybridized carbons (Fsp3) is 0.450. The van der Waals surface area contributed by atoms with Crippen LogP contribution in [0.1, 0.15) is 48.6 Å². The molecule has 0 saturated carbocycles. The molecular weight excluding hydrogens is 420 g/mol. The van der Waals surface area contributed by atoms with Crippen LogP contribution in [0.25, 0.3) is 0 Å². The van der Waals surface area contributed by atoms with Gasteiger partial charge in [0.15, 0.2) is 11.0 Å². The van der Waals surface area contributed by atoms with E-state index in [9.17, 15) is 4.79 Å². The number of carbonyl (C=O) groups excluding carboxylic acids is 1. The summed E-state index contributed by atoms with van der Waals surface area (Å²) in [6.07, 6.45) is 0. The molecule has 30 heavy (non-hydrogen) atoms. The molecule has 1 amide bonds. The highest BCUT2D eigenvalue weighted by atomic mass is 32.2. The predicted molar refractivity (Wildman–Crippen MR) is 119 cm³/mol. The standard InChI is InChI=1S/C20H26N6O2S2/c1-6-26-16(10-28-15-8-7-13(4)9-14(15)5)22-25-20(26)29-11-17(27)21-19-24-23-18(30-19)12(2)3/h7-9,12H,6,10-11H2,1-5H3,(H,21,24,27). The van der Waals surface area contributed by atoms with Gasteiger partial charge in [0, 0.05) is 12.5 Å². The van der Waals surface area contributed by atoms with Gasteiger partial charge in [0.25, 0.3) is 0 Å². The first-order valence-electron chi connectivity index (χ1n) is 9.75. The van der Waals surface area contributed by atoms with Crippen molar-refractivity contribution < 1.29 is 9.53 Å². The van der Waals surface area contributed by atoms with Crippen LogP contribution in [0.2, 0.25) is 0 Å². The van der Waals surface area contributed by atoms with Crippen molar-refractivity contribution in [1.82, 2.24) is 25.0 Å². The Morgan fingerprint density at radius 3 is 2.70 bits per heavy atom. The van der Waals surface area contributed by atoms with Gasteiger partial charge in [0.1, 0.15) is 17.4 Å². The predicted octanol–water partition coefficient (Wildman–Crippen LogP) is 4.20. The van der Waals surface area contributed by atoms with Gasteiger partial charge in [-0.25, -0.2) is 0 Å². The Kier molecular flexibility index (Phi) is 7.43. The molecule has 3 aromatic rings. The normalized spacial score (nSPS) is 11.1. The van der Waals surface area contributed by atoms with Crippen molar-refractivity contribution in [3.8, 4) is 5.75 Å². The van der Waals surface area contributed by atoms with Crippen LogP contribution in [0, 0.1) is 13.8 Å². The number of rotatable bonds is 9. The highest BCUT2D eigenvalue weighted by molar-refractivity contribution is 7.99. The van der Waals surface area contributed by atoms with E-state index in [-0.39, 0.29) is 17.6 Å². The minimum atomic E-state index is -0.148. The van der Waals surface area contributed by atoms with Gasteiger partial charge >= 0.3 is 0 Å². The maximum absolute atomic E-state index is 12.3. The number of anilines is 1. The fourth-order valence-corrected chi connectivity index (χ4v) is 4.34. The van der Waals surface area contributed by atoms with Gasteiger partial charge in [0.2, 0.25) is 11.0 Å². The Balaban J connectivity index is 1.57. The Morgan fingerprint density at radius 2 is 2.03 bits per heavy atom. The molecule has 0 saturated heterocycles. The second-order valence-corrected chi connectivity index (χ2v) is 9.09. The van der Waals surface area contributed by atoms with E-state index < -0.39 is 0 Å². The summed E-state index contributed by atoms with van der Waals surface area (Å²) in [5.41, 5.74) is 2.28. The van der Waals surface area contributed by atoms with Gasteiger partial charge in [-0.3, -0.25) is 10.1 Å². The lowest BCUT2D eigenvalue weighted by Crippen LogP contribution is -2.14. The van der Waals surface area contributed by atoms with E-state index in [2.05, 4.69) is 38.7 Å². The highest BCUT2D eigenvalue weighted by Gasteiger charge is 2.15. The lowest BCUT2D eigenvalue weighted by molar-refractivity contribution is -0.113. The number of ether oxygens (including phenoxy) is 1. The number of aromatic nitrogens is 5.